The third-order valence-electron chi connectivity index (χ3n) is 4.23. The number of aliphatic hydroxyl groups excluding tert-OH is 2. The average Bonchev–Trinajstić information content (AvgIpc) is 3.21. The second-order valence-corrected chi connectivity index (χ2v) is 7.30. The monoisotopic (exact) mass is 420 g/mol. The summed E-state index contributed by atoms with van der Waals surface area (Å²) in [5.74, 6) is -2.90. The van der Waals surface area contributed by atoms with Crippen molar-refractivity contribution in [1.29, 1.82) is 0 Å². The number of rotatable bonds is 12. The van der Waals surface area contributed by atoms with Gasteiger partial charge in [0, 0.05) is 0 Å². The van der Waals surface area contributed by atoms with Gasteiger partial charge in [-0.1, -0.05) is 0 Å². The number of aliphatic hydroxyl groups is 2. The van der Waals surface area contributed by atoms with E-state index in [1.54, 1.807) is 6.26 Å². The predicted octanol–water partition coefficient (Wildman–Crippen LogP) is -2.98. The maximum atomic E-state index is 12.3. The second-order valence-electron chi connectivity index (χ2n) is 6.32. The summed E-state index contributed by atoms with van der Waals surface area (Å²) in [6, 6.07) is -4.33. The Labute approximate surface area is 167 Å². The van der Waals surface area contributed by atoms with Crippen molar-refractivity contribution in [2.75, 3.05) is 31.8 Å². The molecule has 4 atom stereocenters. The fraction of sp³-hybridized carbons (Fsp3) is 0.750. The summed E-state index contributed by atoms with van der Waals surface area (Å²) in [6.45, 7) is -0.791. The Bertz CT molecular complexity index is 557. The molecule has 1 fully saturated rings. The number of carbonyl (C=O) groups is 4. The van der Waals surface area contributed by atoms with Crippen molar-refractivity contribution in [2.45, 2.75) is 43.4 Å². The third kappa shape index (κ3) is 7.62. The van der Waals surface area contributed by atoms with Gasteiger partial charge in [-0.15, -0.1) is 0 Å². The van der Waals surface area contributed by atoms with Gasteiger partial charge in [0.25, 0.3) is 0 Å². The first-order valence-corrected chi connectivity index (χ1v) is 10.3. The van der Waals surface area contributed by atoms with Crippen LogP contribution in [0.5, 0.6) is 0 Å². The summed E-state index contributed by atoms with van der Waals surface area (Å²) in [5.41, 5.74) is 0. The molecular weight excluding hydrogens is 392 g/mol. The Morgan fingerprint density at radius 2 is 1.61 bits per heavy atom. The van der Waals surface area contributed by atoms with Gasteiger partial charge in [0.1, 0.15) is 18.1 Å². The van der Waals surface area contributed by atoms with Gasteiger partial charge in [-0.2, -0.15) is 11.8 Å². The number of nitrogens with one attached hydrogen (secondary N) is 4. The molecule has 4 unspecified atom stereocenters. The normalized spacial score (nSPS) is 19.3. The summed E-state index contributed by atoms with van der Waals surface area (Å²) in [4.78, 5) is 47.8. The van der Waals surface area contributed by atoms with Crippen LogP contribution in [0, 0.1) is 0 Å². The number of hydrogen-bond donors (Lipinski definition) is 7. The molecule has 0 aromatic rings. The number of carboxylic acids is 1. The minimum atomic E-state index is -1.42. The first kappa shape index (κ1) is 24.1. The Morgan fingerprint density at radius 3 is 2.07 bits per heavy atom. The summed E-state index contributed by atoms with van der Waals surface area (Å²) in [5, 5.41) is 37.8. The van der Waals surface area contributed by atoms with Crippen LogP contribution < -0.4 is 21.3 Å². The molecule has 1 aliphatic heterocycles. The zero-order valence-corrected chi connectivity index (χ0v) is 16.5. The topological polar surface area (TPSA) is 177 Å². The standard InChI is InChI=1S/C16H28N4O7S/c1-28-6-4-10(16(26)27)18-14(24)11(7-21)20-15(25)12(8-22)19-13(23)9-3-2-5-17-9/h9-12,17,21-22H,2-8H2,1H3,(H,18,24)(H,19,23)(H,20,25)(H,26,27). The molecule has 1 heterocycles. The van der Waals surface area contributed by atoms with E-state index in [2.05, 4.69) is 21.3 Å². The molecule has 0 aliphatic carbocycles. The van der Waals surface area contributed by atoms with Gasteiger partial charge in [0.15, 0.2) is 0 Å². The van der Waals surface area contributed by atoms with Crippen LogP contribution in [0.3, 0.4) is 0 Å². The lowest BCUT2D eigenvalue weighted by atomic mass is 10.1. The second kappa shape index (κ2) is 12.5. The smallest absolute Gasteiger partial charge is 0.326 e. The average molecular weight is 420 g/mol. The van der Waals surface area contributed by atoms with E-state index < -0.39 is 61.1 Å². The molecule has 12 heteroatoms. The van der Waals surface area contributed by atoms with Crippen molar-refractivity contribution in [1.82, 2.24) is 21.3 Å². The number of aliphatic carboxylic acids is 1. The molecular formula is C16H28N4O7S. The molecule has 160 valence electrons. The van der Waals surface area contributed by atoms with Crippen molar-refractivity contribution >= 4 is 35.5 Å². The van der Waals surface area contributed by atoms with E-state index in [1.807, 2.05) is 0 Å². The molecule has 0 aromatic carbocycles. The van der Waals surface area contributed by atoms with E-state index in [4.69, 9.17) is 5.11 Å². The highest BCUT2D eigenvalue weighted by Gasteiger charge is 2.30. The van der Waals surface area contributed by atoms with Gasteiger partial charge in [0.05, 0.1) is 19.3 Å². The highest BCUT2D eigenvalue weighted by molar-refractivity contribution is 7.98. The zero-order valence-electron chi connectivity index (χ0n) is 15.6. The van der Waals surface area contributed by atoms with Gasteiger partial charge in [0.2, 0.25) is 17.7 Å². The molecule has 0 aromatic heterocycles. The third-order valence-corrected chi connectivity index (χ3v) is 4.88. The Hall–Kier alpha value is -1.89. The quantitative estimate of drug-likeness (QED) is 0.173. The van der Waals surface area contributed by atoms with Crippen LogP contribution in [0.1, 0.15) is 19.3 Å². The van der Waals surface area contributed by atoms with Crippen molar-refractivity contribution < 1.29 is 34.5 Å². The fourth-order valence-electron chi connectivity index (χ4n) is 2.61. The molecule has 11 nitrogen and oxygen atoms in total. The van der Waals surface area contributed by atoms with Gasteiger partial charge in [-0.05, 0) is 37.8 Å². The summed E-state index contributed by atoms with van der Waals surface area (Å²) in [6.07, 6.45) is 3.40. The van der Waals surface area contributed by atoms with Crippen LogP contribution in [0.15, 0.2) is 0 Å². The van der Waals surface area contributed by atoms with Crippen LogP contribution in [0.25, 0.3) is 0 Å². The van der Waals surface area contributed by atoms with Gasteiger partial charge >= 0.3 is 5.97 Å². The van der Waals surface area contributed by atoms with Crippen molar-refractivity contribution in [2.24, 2.45) is 0 Å². The lowest BCUT2D eigenvalue weighted by Crippen LogP contribution is -2.58. The Balaban J connectivity index is 2.63. The maximum absolute atomic E-state index is 12.3. The highest BCUT2D eigenvalue weighted by atomic mass is 32.2. The van der Waals surface area contributed by atoms with E-state index in [0.717, 1.165) is 6.42 Å². The molecule has 28 heavy (non-hydrogen) atoms. The molecule has 3 amide bonds. The number of carboxylic acid groups (broad SMARTS) is 1. The minimum Gasteiger partial charge on any atom is -0.480 e. The predicted molar refractivity (Wildman–Crippen MR) is 102 cm³/mol. The summed E-state index contributed by atoms with van der Waals surface area (Å²) in [7, 11) is 0. The Kier molecular flexibility index (Phi) is 10.8. The first-order valence-electron chi connectivity index (χ1n) is 8.92. The maximum Gasteiger partial charge on any atom is 0.326 e. The van der Waals surface area contributed by atoms with Gasteiger partial charge < -0.3 is 36.6 Å². The number of thioether (sulfide) groups is 1. The molecule has 0 spiro atoms. The van der Waals surface area contributed by atoms with Crippen LogP contribution in [-0.2, 0) is 19.2 Å². The largest absolute Gasteiger partial charge is 0.480 e. The van der Waals surface area contributed by atoms with E-state index in [-0.39, 0.29) is 6.42 Å². The molecule has 7 N–H and O–H groups in total. The lowest BCUT2D eigenvalue weighted by Gasteiger charge is -2.23. The van der Waals surface area contributed by atoms with Crippen molar-refractivity contribution in [3.05, 3.63) is 0 Å². The zero-order chi connectivity index (χ0) is 21.1. The van der Waals surface area contributed by atoms with Gasteiger partial charge in [-0.3, -0.25) is 14.4 Å². The van der Waals surface area contributed by atoms with E-state index in [1.165, 1.54) is 11.8 Å². The first-order chi connectivity index (χ1) is 13.3. The summed E-state index contributed by atoms with van der Waals surface area (Å²) >= 11 is 1.42. The summed E-state index contributed by atoms with van der Waals surface area (Å²) < 4.78 is 0. The molecule has 0 saturated carbocycles. The van der Waals surface area contributed by atoms with Crippen LogP contribution in [0.2, 0.25) is 0 Å². The van der Waals surface area contributed by atoms with Crippen LogP contribution in [0.4, 0.5) is 0 Å². The molecule has 1 rings (SSSR count). The SMILES string of the molecule is CSCCC(NC(=O)C(CO)NC(=O)C(CO)NC(=O)C1CCCN1)C(=O)O. The van der Waals surface area contributed by atoms with Crippen LogP contribution in [-0.4, -0.2) is 94.9 Å². The molecule has 1 aliphatic rings. The van der Waals surface area contributed by atoms with Crippen LogP contribution >= 0.6 is 11.8 Å². The van der Waals surface area contributed by atoms with Gasteiger partial charge in [-0.25, -0.2) is 4.79 Å². The Morgan fingerprint density at radius 1 is 1.04 bits per heavy atom. The lowest BCUT2D eigenvalue weighted by molar-refractivity contribution is -0.142. The fourth-order valence-corrected chi connectivity index (χ4v) is 3.08. The molecule has 1 saturated heterocycles. The van der Waals surface area contributed by atoms with E-state index >= 15 is 0 Å². The van der Waals surface area contributed by atoms with Crippen molar-refractivity contribution in [3.8, 4) is 0 Å². The highest BCUT2D eigenvalue weighted by Crippen LogP contribution is 2.05. The number of amides is 3. The van der Waals surface area contributed by atoms with E-state index in [0.29, 0.717) is 18.7 Å². The molecule has 0 radical (unpaired) electrons. The van der Waals surface area contributed by atoms with E-state index in [9.17, 15) is 29.4 Å². The number of hydrogen-bond acceptors (Lipinski definition) is 8. The minimum absolute atomic E-state index is 0.179. The van der Waals surface area contributed by atoms with Crippen molar-refractivity contribution in [3.63, 3.8) is 0 Å². The molecule has 0 bridgehead atoms. The number of carbonyl (C=O) groups excluding carboxylic acids is 3.